The molecule has 1 aromatic carbocycles. The van der Waals surface area contributed by atoms with E-state index in [0.717, 1.165) is 42.2 Å². The first-order valence-electron chi connectivity index (χ1n) is 7.04. The van der Waals surface area contributed by atoms with E-state index >= 15 is 0 Å². The van der Waals surface area contributed by atoms with E-state index in [1.54, 1.807) is 14.2 Å². The fourth-order valence-electron chi connectivity index (χ4n) is 2.72. The minimum atomic E-state index is 0.611. The fraction of sp³-hybridized carbons (Fsp3) is 0.600. The highest BCUT2D eigenvalue weighted by molar-refractivity contribution is 9.10. The zero-order chi connectivity index (χ0) is 14.5. The van der Waals surface area contributed by atoms with Crippen LogP contribution in [-0.2, 0) is 6.54 Å². The third-order valence-electron chi connectivity index (χ3n) is 3.89. The Hall–Kier alpha value is -0.780. The Kier molecular flexibility index (Phi) is 5.69. The molecule has 0 bridgehead atoms. The van der Waals surface area contributed by atoms with Crippen LogP contribution in [0.15, 0.2) is 16.6 Å². The maximum absolute atomic E-state index is 5.51. The molecular formula is C15H23BrN2O2. The summed E-state index contributed by atoms with van der Waals surface area (Å²) >= 11 is 3.50. The number of hydrogen-bond donors (Lipinski definition) is 1. The van der Waals surface area contributed by atoms with Crippen molar-refractivity contribution in [2.75, 3.05) is 33.9 Å². The van der Waals surface area contributed by atoms with E-state index < -0.39 is 0 Å². The number of nitrogens with one attached hydrogen (secondary N) is 1. The van der Waals surface area contributed by atoms with E-state index in [4.69, 9.17) is 9.47 Å². The second kappa shape index (κ2) is 7.29. The van der Waals surface area contributed by atoms with Crippen LogP contribution in [0.25, 0.3) is 0 Å². The standard InChI is InChI=1S/C15H23BrN2O2/c1-4-18(12-5-6-17-9-12)10-11-7-15(20-3)13(16)8-14(11)19-2/h7-8,12,17H,4-6,9-10H2,1-3H3. The molecule has 1 atom stereocenters. The summed E-state index contributed by atoms with van der Waals surface area (Å²) in [4.78, 5) is 2.49. The van der Waals surface area contributed by atoms with Crippen LogP contribution in [0.1, 0.15) is 18.9 Å². The van der Waals surface area contributed by atoms with Crippen LogP contribution in [0, 0.1) is 0 Å². The Morgan fingerprint density at radius 2 is 2.05 bits per heavy atom. The molecule has 2 rings (SSSR count). The summed E-state index contributed by atoms with van der Waals surface area (Å²) < 4.78 is 11.8. The van der Waals surface area contributed by atoms with E-state index in [-0.39, 0.29) is 0 Å². The van der Waals surface area contributed by atoms with Crippen molar-refractivity contribution in [1.29, 1.82) is 0 Å². The predicted octanol–water partition coefficient (Wildman–Crippen LogP) is 2.65. The van der Waals surface area contributed by atoms with Crippen molar-refractivity contribution in [3.05, 3.63) is 22.2 Å². The van der Waals surface area contributed by atoms with Gasteiger partial charge in [0.1, 0.15) is 11.5 Å². The molecule has 0 saturated carbocycles. The molecule has 1 N–H and O–H groups in total. The quantitative estimate of drug-likeness (QED) is 0.861. The van der Waals surface area contributed by atoms with E-state index in [2.05, 4.69) is 39.1 Å². The molecule has 0 aliphatic carbocycles. The molecule has 1 aliphatic rings. The first-order chi connectivity index (χ1) is 9.69. The molecule has 1 saturated heterocycles. The van der Waals surface area contributed by atoms with Crippen molar-refractivity contribution >= 4 is 15.9 Å². The van der Waals surface area contributed by atoms with Crippen LogP contribution in [0.3, 0.4) is 0 Å². The van der Waals surface area contributed by atoms with Gasteiger partial charge < -0.3 is 14.8 Å². The van der Waals surface area contributed by atoms with E-state index in [1.165, 1.54) is 12.0 Å². The molecule has 1 heterocycles. The zero-order valence-corrected chi connectivity index (χ0v) is 14.0. The maximum Gasteiger partial charge on any atom is 0.133 e. The number of hydrogen-bond acceptors (Lipinski definition) is 4. The van der Waals surface area contributed by atoms with Gasteiger partial charge in [-0.1, -0.05) is 6.92 Å². The van der Waals surface area contributed by atoms with Crippen molar-refractivity contribution in [2.45, 2.75) is 25.9 Å². The molecule has 0 spiro atoms. The average molecular weight is 343 g/mol. The Morgan fingerprint density at radius 1 is 1.30 bits per heavy atom. The van der Waals surface area contributed by atoms with Crippen LogP contribution in [0.2, 0.25) is 0 Å². The van der Waals surface area contributed by atoms with Gasteiger partial charge in [-0.15, -0.1) is 0 Å². The summed E-state index contributed by atoms with van der Waals surface area (Å²) in [5, 5.41) is 3.43. The van der Waals surface area contributed by atoms with Crippen molar-refractivity contribution in [3.8, 4) is 11.5 Å². The second-order valence-electron chi connectivity index (χ2n) is 5.01. The predicted molar refractivity (Wildman–Crippen MR) is 84.6 cm³/mol. The summed E-state index contributed by atoms with van der Waals surface area (Å²) in [6, 6.07) is 4.66. The summed E-state index contributed by atoms with van der Waals surface area (Å²) in [5.41, 5.74) is 1.17. The number of rotatable bonds is 6. The highest BCUT2D eigenvalue weighted by Gasteiger charge is 2.22. The fourth-order valence-corrected chi connectivity index (χ4v) is 3.20. The maximum atomic E-state index is 5.51. The van der Waals surface area contributed by atoms with Gasteiger partial charge in [-0.05, 0) is 47.6 Å². The van der Waals surface area contributed by atoms with Gasteiger partial charge in [-0.3, -0.25) is 4.90 Å². The topological polar surface area (TPSA) is 33.7 Å². The van der Waals surface area contributed by atoms with Crippen LogP contribution in [0.4, 0.5) is 0 Å². The Morgan fingerprint density at radius 3 is 2.60 bits per heavy atom. The first-order valence-corrected chi connectivity index (χ1v) is 7.84. The lowest BCUT2D eigenvalue weighted by Gasteiger charge is -2.27. The molecule has 1 fully saturated rings. The lowest BCUT2D eigenvalue weighted by molar-refractivity contribution is 0.207. The number of likely N-dealkylation sites (N-methyl/N-ethyl adjacent to an activating group) is 1. The van der Waals surface area contributed by atoms with Crippen molar-refractivity contribution in [3.63, 3.8) is 0 Å². The lowest BCUT2D eigenvalue weighted by atomic mass is 10.1. The van der Waals surface area contributed by atoms with Gasteiger partial charge in [0.15, 0.2) is 0 Å². The van der Waals surface area contributed by atoms with Gasteiger partial charge >= 0.3 is 0 Å². The number of methoxy groups -OCH3 is 2. The monoisotopic (exact) mass is 342 g/mol. The average Bonchev–Trinajstić information content (AvgIpc) is 2.99. The molecule has 5 heteroatoms. The molecule has 112 valence electrons. The van der Waals surface area contributed by atoms with E-state index in [1.807, 2.05) is 6.07 Å². The lowest BCUT2D eigenvalue weighted by Crippen LogP contribution is -2.36. The molecule has 0 amide bonds. The van der Waals surface area contributed by atoms with Gasteiger partial charge in [0.2, 0.25) is 0 Å². The largest absolute Gasteiger partial charge is 0.496 e. The number of ether oxygens (including phenoxy) is 2. The van der Waals surface area contributed by atoms with Gasteiger partial charge in [-0.25, -0.2) is 0 Å². The van der Waals surface area contributed by atoms with Crippen molar-refractivity contribution < 1.29 is 9.47 Å². The number of halogens is 1. The van der Waals surface area contributed by atoms with Gasteiger partial charge in [0.25, 0.3) is 0 Å². The van der Waals surface area contributed by atoms with Crippen LogP contribution in [-0.4, -0.2) is 44.8 Å². The molecule has 1 unspecified atom stereocenters. The van der Waals surface area contributed by atoms with Gasteiger partial charge in [-0.2, -0.15) is 0 Å². The highest BCUT2D eigenvalue weighted by atomic mass is 79.9. The number of nitrogens with zero attached hydrogens (tertiary/aromatic N) is 1. The molecule has 1 aromatic rings. The Balaban J connectivity index is 2.21. The minimum absolute atomic E-state index is 0.611. The molecular weight excluding hydrogens is 320 g/mol. The molecule has 4 nitrogen and oxygen atoms in total. The first kappa shape index (κ1) is 15.6. The minimum Gasteiger partial charge on any atom is -0.496 e. The van der Waals surface area contributed by atoms with Crippen molar-refractivity contribution in [1.82, 2.24) is 10.2 Å². The number of benzene rings is 1. The smallest absolute Gasteiger partial charge is 0.133 e. The van der Waals surface area contributed by atoms with Crippen molar-refractivity contribution in [2.24, 2.45) is 0 Å². The van der Waals surface area contributed by atoms with Gasteiger partial charge in [0.05, 0.1) is 18.7 Å². The SMILES string of the molecule is CCN(Cc1cc(OC)c(Br)cc1OC)C1CCNC1. The summed E-state index contributed by atoms with van der Waals surface area (Å²) in [7, 11) is 3.40. The Labute approximate surface area is 129 Å². The summed E-state index contributed by atoms with van der Waals surface area (Å²) in [6.07, 6.45) is 1.21. The normalized spacial score (nSPS) is 18.6. The summed E-state index contributed by atoms with van der Waals surface area (Å²) in [6.45, 7) is 6.32. The highest BCUT2D eigenvalue weighted by Crippen LogP contribution is 2.33. The van der Waals surface area contributed by atoms with Crippen LogP contribution < -0.4 is 14.8 Å². The zero-order valence-electron chi connectivity index (χ0n) is 12.4. The summed E-state index contributed by atoms with van der Waals surface area (Å²) in [5.74, 6) is 1.75. The van der Waals surface area contributed by atoms with Crippen LogP contribution >= 0.6 is 15.9 Å². The molecule has 0 aromatic heterocycles. The molecule has 20 heavy (non-hydrogen) atoms. The van der Waals surface area contributed by atoms with Crippen LogP contribution in [0.5, 0.6) is 11.5 Å². The third-order valence-corrected chi connectivity index (χ3v) is 4.50. The molecule has 1 aliphatic heterocycles. The van der Waals surface area contributed by atoms with E-state index in [9.17, 15) is 0 Å². The van der Waals surface area contributed by atoms with Gasteiger partial charge in [0, 0.05) is 24.7 Å². The molecule has 0 radical (unpaired) electrons. The van der Waals surface area contributed by atoms with E-state index in [0.29, 0.717) is 6.04 Å². The third kappa shape index (κ3) is 3.45. The second-order valence-corrected chi connectivity index (χ2v) is 5.86. The Bertz CT molecular complexity index is 448.